The molecule has 6 nitrogen and oxygen atoms in total. The lowest BCUT2D eigenvalue weighted by Crippen LogP contribution is -2.41. The average molecular weight is 253 g/mol. The number of carboxylic acids is 1. The number of rotatable bonds is 6. The van der Waals surface area contributed by atoms with Crippen molar-refractivity contribution in [3.63, 3.8) is 0 Å². The number of carbonyl (C=O) groups is 2. The fraction of sp³-hybridized carbons (Fsp3) is 0.583. The molecular formula is C12H19N3O3. The molecule has 0 aliphatic rings. The topological polar surface area (TPSA) is 84.2 Å². The molecule has 0 fully saturated rings. The lowest BCUT2D eigenvalue weighted by atomic mass is 10.2. The Labute approximate surface area is 106 Å². The number of carboxylic acid groups (broad SMARTS) is 1. The van der Waals surface area contributed by atoms with Crippen LogP contribution in [0.4, 0.5) is 0 Å². The number of carbonyl (C=O) groups excluding carboxylic acids is 1. The number of aliphatic carboxylic acids is 1. The van der Waals surface area contributed by atoms with Crippen molar-refractivity contribution in [2.24, 2.45) is 0 Å². The molecule has 6 heteroatoms. The van der Waals surface area contributed by atoms with Gasteiger partial charge in [-0.15, -0.1) is 0 Å². The first-order valence-electron chi connectivity index (χ1n) is 6.13. The average Bonchev–Trinajstić information content (AvgIpc) is 2.78. The summed E-state index contributed by atoms with van der Waals surface area (Å²) in [7, 11) is 0. The normalized spacial score (nSPS) is 12.2. The first-order valence-corrected chi connectivity index (χ1v) is 6.13. The lowest BCUT2D eigenvalue weighted by Gasteiger charge is -2.12. The highest BCUT2D eigenvalue weighted by Crippen LogP contribution is 2.06. The van der Waals surface area contributed by atoms with E-state index in [1.807, 2.05) is 13.8 Å². The van der Waals surface area contributed by atoms with Crippen molar-refractivity contribution in [1.82, 2.24) is 15.1 Å². The maximum Gasteiger partial charge on any atom is 0.326 e. The molecule has 0 bridgehead atoms. The van der Waals surface area contributed by atoms with Crippen molar-refractivity contribution in [2.75, 3.05) is 0 Å². The quantitative estimate of drug-likeness (QED) is 0.794. The van der Waals surface area contributed by atoms with E-state index < -0.39 is 17.9 Å². The first kappa shape index (κ1) is 14.2. The van der Waals surface area contributed by atoms with Gasteiger partial charge in [-0.25, -0.2) is 4.79 Å². The number of hydrogen-bond donors (Lipinski definition) is 2. The molecule has 2 N–H and O–H groups in total. The Morgan fingerprint density at radius 2 is 2.11 bits per heavy atom. The molecular weight excluding hydrogens is 234 g/mol. The van der Waals surface area contributed by atoms with Gasteiger partial charge in [0.05, 0.1) is 5.69 Å². The minimum atomic E-state index is -1.02. The van der Waals surface area contributed by atoms with Crippen LogP contribution in [0.25, 0.3) is 0 Å². The molecule has 1 aromatic rings. The van der Waals surface area contributed by atoms with Gasteiger partial charge in [-0.3, -0.25) is 9.48 Å². The summed E-state index contributed by atoms with van der Waals surface area (Å²) < 4.78 is 1.59. The Kier molecular flexibility index (Phi) is 4.88. The van der Waals surface area contributed by atoms with Crippen molar-refractivity contribution in [3.8, 4) is 0 Å². The van der Waals surface area contributed by atoms with E-state index in [0.29, 0.717) is 18.7 Å². The molecule has 100 valence electrons. The second-order valence-electron chi connectivity index (χ2n) is 3.96. The molecule has 0 aromatic carbocycles. The van der Waals surface area contributed by atoms with Gasteiger partial charge in [0.2, 0.25) is 0 Å². The summed E-state index contributed by atoms with van der Waals surface area (Å²) in [5, 5.41) is 15.7. The molecule has 0 radical (unpaired) electrons. The van der Waals surface area contributed by atoms with E-state index >= 15 is 0 Å². The molecule has 0 aliphatic heterocycles. The molecule has 0 aliphatic carbocycles. The van der Waals surface area contributed by atoms with Crippen LogP contribution in [0.15, 0.2) is 6.07 Å². The van der Waals surface area contributed by atoms with Crippen LogP contribution in [0.2, 0.25) is 0 Å². The Bertz CT molecular complexity index is 440. The molecule has 1 rings (SSSR count). The van der Waals surface area contributed by atoms with E-state index in [0.717, 1.165) is 12.1 Å². The van der Waals surface area contributed by atoms with Crippen LogP contribution >= 0.6 is 0 Å². The lowest BCUT2D eigenvalue weighted by molar-refractivity contribution is -0.139. The predicted molar refractivity (Wildman–Crippen MR) is 66.5 cm³/mol. The van der Waals surface area contributed by atoms with Gasteiger partial charge in [-0.2, -0.15) is 5.10 Å². The van der Waals surface area contributed by atoms with Crippen molar-refractivity contribution in [3.05, 3.63) is 17.5 Å². The van der Waals surface area contributed by atoms with Gasteiger partial charge in [0.1, 0.15) is 11.7 Å². The van der Waals surface area contributed by atoms with Gasteiger partial charge in [0.15, 0.2) is 0 Å². The van der Waals surface area contributed by atoms with Crippen molar-refractivity contribution in [2.45, 2.75) is 46.2 Å². The molecule has 1 aromatic heterocycles. The predicted octanol–water partition coefficient (Wildman–Crippen LogP) is 1.06. The minimum Gasteiger partial charge on any atom is -0.480 e. The molecule has 0 spiro atoms. The zero-order valence-corrected chi connectivity index (χ0v) is 10.9. The Balaban J connectivity index is 2.89. The second-order valence-corrected chi connectivity index (χ2v) is 3.96. The summed E-state index contributed by atoms with van der Waals surface area (Å²) in [5.41, 5.74) is 1.24. The van der Waals surface area contributed by atoms with E-state index in [1.54, 1.807) is 17.7 Å². The standard InChI is InChI=1S/C12H19N3O3/c1-4-8-7-10(15(6-3)14-8)11(16)13-9(5-2)12(17)18/h7,9H,4-6H2,1-3H3,(H,13,16)(H,17,18). The van der Waals surface area contributed by atoms with E-state index in [-0.39, 0.29) is 0 Å². The fourth-order valence-electron chi connectivity index (χ4n) is 1.64. The summed E-state index contributed by atoms with van der Waals surface area (Å²) >= 11 is 0. The molecule has 0 saturated heterocycles. The zero-order chi connectivity index (χ0) is 13.7. The highest BCUT2D eigenvalue weighted by Gasteiger charge is 2.21. The number of aromatic nitrogens is 2. The number of amides is 1. The van der Waals surface area contributed by atoms with Gasteiger partial charge in [0.25, 0.3) is 5.91 Å². The number of nitrogens with zero attached hydrogens (tertiary/aromatic N) is 2. The molecule has 1 amide bonds. The second kappa shape index (κ2) is 6.18. The summed E-state index contributed by atoms with van der Waals surface area (Å²) in [6.07, 6.45) is 1.09. The minimum absolute atomic E-state index is 0.349. The Morgan fingerprint density at radius 1 is 1.44 bits per heavy atom. The fourth-order valence-corrected chi connectivity index (χ4v) is 1.64. The van der Waals surface area contributed by atoms with E-state index in [1.165, 1.54) is 0 Å². The van der Waals surface area contributed by atoms with Crippen molar-refractivity contribution in [1.29, 1.82) is 0 Å². The molecule has 1 heterocycles. The molecule has 18 heavy (non-hydrogen) atoms. The maximum absolute atomic E-state index is 12.0. The number of hydrogen-bond acceptors (Lipinski definition) is 3. The summed E-state index contributed by atoms with van der Waals surface area (Å²) in [5.74, 6) is -1.41. The van der Waals surface area contributed by atoms with Gasteiger partial charge in [0, 0.05) is 6.54 Å². The highest BCUT2D eigenvalue weighted by atomic mass is 16.4. The summed E-state index contributed by atoms with van der Waals surface area (Å²) in [6, 6.07) is 0.843. The van der Waals surface area contributed by atoms with Gasteiger partial charge < -0.3 is 10.4 Å². The molecule has 1 unspecified atom stereocenters. The van der Waals surface area contributed by atoms with Crippen LogP contribution in [0.1, 0.15) is 43.4 Å². The molecule has 0 saturated carbocycles. The van der Waals surface area contributed by atoms with Crippen molar-refractivity contribution >= 4 is 11.9 Å². The number of nitrogens with one attached hydrogen (secondary N) is 1. The van der Waals surface area contributed by atoms with Gasteiger partial charge in [-0.1, -0.05) is 13.8 Å². The summed E-state index contributed by atoms with van der Waals surface area (Å²) in [6.45, 7) is 6.13. The van der Waals surface area contributed by atoms with Gasteiger partial charge >= 0.3 is 5.97 Å². The SMILES string of the molecule is CCc1cc(C(=O)NC(CC)C(=O)O)n(CC)n1. The third kappa shape index (κ3) is 3.09. The highest BCUT2D eigenvalue weighted by molar-refractivity contribution is 5.95. The van der Waals surface area contributed by atoms with Gasteiger partial charge in [-0.05, 0) is 25.8 Å². The monoisotopic (exact) mass is 253 g/mol. The molecule has 1 atom stereocenters. The van der Waals surface area contributed by atoms with Crippen LogP contribution in [-0.2, 0) is 17.8 Å². The van der Waals surface area contributed by atoms with E-state index in [4.69, 9.17) is 5.11 Å². The third-order valence-corrected chi connectivity index (χ3v) is 2.74. The van der Waals surface area contributed by atoms with Crippen LogP contribution in [0.3, 0.4) is 0 Å². The third-order valence-electron chi connectivity index (χ3n) is 2.74. The zero-order valence-electron chi connectivity index (χ0n) is 10.9. The number of aryl methyl sites for hydroxylation is 2. The van der Waals surface area contributed by atoms with Crippen LogP contribution in [0, 0.1) is 0 Å². The van der Waals surface area contributed by atoms with Crippen molar-refractivity contribution < 1.29 is 14.7 Å². The van der Waals surface area contributed by atoms with E-state index in [2.05, 4.69) is 10.4 Å². The van der Waals surface area contributed by atoms with E-state index in [9.17, 15) is 9.59 Å². The van der Waals surface area contributed by atoms with Crippen LogP contribution < -0.4 is 5.32 Å². The van der Waals surface area contributed by atoms with Crippen LogP contribution in [0.5, 0.6) is 0 Å². The largest absolute Gasteiger partial charge is 0.480 e. The smallest absolute Gasteiger partial charge is 0.326 e. The maximum atomic E-state index is 12.0. The first-order chi connectivity index (χ1) is 8.53. The Morgan fingerprint density at radius 3 is 2.56 bits per heavy atom. The van der Waals surface area contributed by atoms with Crippen LogP contribution in [-0.4, -0.2) is 32.8 Å². The Hall–Kier alpha value is -1.85. The summed E-state index contributed by atoms with van der Waals surface area (Å²) in [4.78, 5) is 22.9.